The van der Waals surface area contributed by atoms with E-state index in [4.69, 9.17) is 9.72 Å². The van der Waals surface area contributed by atoms with Crippen molar-refractivity contribution in [2.45, 2.75) is 93.5 Å². The first kappa shape index (κ1) is 24.9. The van der Waals surface area contributed by atoms with Gasteiger partial charge in [-0.05, 0) is 43.9 Å². The molecule has 0 saturated heterocycles. The number of fused-ring (bicyclic) bond motifs is 4. The molecule has 0 radical (unpaired) electrons. The first-order chi connectivity index (χ1) is 16.2. The Balaban J connectivity index is 1.54. The second-order valence-electron chi connectivity index (χ2n) is 9.59. The number of aromatic nitrogens is 1. The third-order valence-electron chi connectivity index (χ3n) is 7.26. The van der Waals surface area contributed by atoms with Gasteiger partial charge in [-0.15, -0.1) is 11.8 Å². The molecule has 2 bridgehead atoms. The standard InChI is InChI=1S/C25H40N5O2S/c1-30-17-20-15-21(33-13-12-32-18-31)14-19(29-20)16-28-23-7-3-2-6-22(23)26-10-11-27-24-8-4-5-9-25(24)30/h14-15,18,22-28H,1-13,16-17H2/q-1/t22?,23-,24-,25-/m1/s1. The molecule has 0 amide bonds. The SMILES string of the molecule is [CH2-]N1Cc2cc(SCCOC=O)cc(n2)CN[C@@H]2CCCCC2NCCN[C@@H]2CCCC[C@H]21. The Bertz CT molecular complexity index is 752. The van der Waals surface area contributed by atoms with E-state index < -0.39 is 0 Å². The second-order valence-corrected chi connectivity index (χ2v) is 10.8. The minimum atomic E-state index is 0.422. The van der Waals surface area contributed by atoms with E-state index in [1.54, 1.807) is 11.8 Å². The molecule has 2 aliphatic carbocycles. The summed E-state index contributed by atoms with van der Waals surface area (Å²) in [5.74, 6) is 0.742. The van der Waals surface area contributed by atoms with Gasteiger partial charge in [0.1, 0.15) is 6.61 Å². The molecule has 1 aliphatic heterocycles. The van der Waals surface area contributed by atoms with Crippen molar-refractivity contribution in [3.8, 4) is 0 Å². The molecule has 1 unspecified atom stereocenters. The van der Waals surface area contributed by atoms with E-state index in [-0.39, 0.29) is 0 Å². The van der Waals surface area contributed by atoms with Gasteiger partial charge in [-0.25, -0.2) is 0 Å². The minimum absolute atomic E-state index is 0.422. The van der Waals surface area contributed by atoms with Gasteiger partial charge in [0.2, 0.25) is 0 Å². The number of carbonyl (C=O) groups is 1. The highest BCUT2D eigenvalue weighted by molar-refractivity contribution is 7.99. The fourth-order valence-corrected chi connectivity index (χ4v) is 6.47. The Morgan fingerprint density at radius 3 is 2.45 bits per heavy atom. The maximum atomic E-state index is 10.5. The fourth-order valence-electron chi connectivity index (χ4n) is 5.61. The predicted octanol–water partition coefficient (Wildman–Crippen LogP) is 2.85. The van der Waals surface area contributed by atoms with E-state index >= 15 is 0 Å². The van der Waals surface area contributed by atoms with E-state index in [0.29, 0.717) is 37.2 Å². The summed E-state index contributed by atoms with van der Waals surface area (Å²) in [6.07, 6.45) is 10.0. The first-order valence-corrected chi connectivity index (χ1v) is 13.7. The van der Waals surface area contributed by atoms with E-state index in [2.05, 4.69) is 40.0 Å². The van der Waals surface area contributed by atoms with Crippen molar-refractivity contribution in [2.24, 2.45) is 0 Å². The van der Waals surface area contributed by atoms with Crippen molar-refractivity contribution in [1.29, 1.82) is 0 Å². The number of thioether (sulfide) groups is 1. The maximum Gasteiger partial charge on any atom is 0.293 e. The normalized spacial score (nSPS) is 29.7. The van der Waals surface area contributed by atoms with Crippen molar-refractivity contribution in [2.75, 3.05) is 25.4 Å². The molecule has 1 aromatic heterocycles. The molecule has 2 saturated carbocycles. The van der Waals surface area contributed by atoms with Gasteiger partial charge in [0.25, 0.3) is 6.47 Å². The van der Waals surface area contributed by atoms with Crippen LogP contribution < -0.4 is 16.0 Å². The third kappa shape index (κ3) is 7.39. The zero-order valence-corrected chi connectivity index (χ0v) is 20.6. The smallest absolute Gasteiger partial charge is 0.293 e. The van der Waals surface area contributed by atoms with Crippen molar-refractivity contribution in [1.82, 2.24) is 25.8 Å². The van der Waals surface area contributed by atoms with E-state index in [1.807, 2.05) is 0 Å². The summed E-state index contributed by atoms with van der Waals surface area (Å²) in [4.78, 5) is 18.9. The highest BCUT2D eigenvalue weighted by Gasteiger charge is 2.27. The molecule has 7 nitrogen and oxygen atoms in total. The highest BCUT2D eigenvalue weighted by atomic mass is 32.2. The van der Waals surface area contributed by atoms with Crippen LogP contribution in [0.25, 0.3) is 0 Å². The number of ether oxygens (including phenoxy) is 1. The molecule has 4 rings (SSSR count). The second kappa shape index (κ2) is 13.0. The van der Waals surface area contributed by atoms with Crippen LogP contribution in [0.5, 0.6) is 0 Å². The topological polar surface area (TPSA) is 78.5 Å². The molecule has 2 heterocycles. The van der Waals surface area contributed by atoms with Crippen LogP contribution in [0.4, 0.5) is 0 Å². The van der Waals surface area contributed by atoms with Gasteiger partial charge in [-0.1, -0.05) is 25.7 Å². The van der Waals surface area contributed by atoms with Crippen molar-refractivity contribution in [3.63, 3.8) is 0 Å². The fraction of sp³-hybridized carbons (Fsp3) is 0.720. The maximum absolute atomic E-state index is 10.5. The Morgan fingerprint density at radius 2 is 1.67 bits per heavy atom. The van der Waals surface area contributed by atoms with Gasteiger partial charge in [-0.2, -0.15) is 0 Å². The summed E-state index contributed by atoms with van der Waals surface area (Å²) in [6, 6.07) is 6.30. The first-order valence-electron chi connectivity index (χ1n) is 12.7. The molecule has 1 aromatic rings. The van der Waals surface area contributed by atoms with Gasteiger partial charge in [0.15, 0.2) is 0 Å². The Labute approximate surface area is 203 Å². The van der Waals surface area contributed by atoms with Crippen LogP contribution in [-0.4, -0.2) is 66.0 Å². The Kier molecular flexibility index (Phi) is 9.85. The number of hydrogen-bond acceptors (Lipinski definition) is 8. The monoisotopic (exact) mass is 474 g/mol. The number of carbonyl (C=O) groups excluding carboxylic acids is 1. The molecule has 8 heteroatoms. The number of nitrogens with zero attached hydrogens (tertiary/aromatic N) is 2. The minimum Gasteiger partial charge on any atom is -0.467 e. The van der Waals surface area contributed by atoms with Crippen LogP contribution in [0.1, 0.15) is 62.8 Å². The van der Waals surface area contributed by atoms with Crippen LogP contribution in [0, 0.1) is 7.05 Å². The Hall–Kier alpha value is -1.19. The molecular formula is C25H40N5O2S-. The summed E-state index contributed by atoms with van der Waals surface area (Å²) in [6.45, 7) is 4.48. The predicted molar refractivity (Wildman–Crippen MR) is 133 cm³/mol. The van der Waals surface area contributed by atoms with Gasteiger partial charge in [0, 0.05) is 55.0 Å². The lowest BCUT2D eigenvalue weighted by Gasteiger charge is -2.43. The lowest BCUT2D eigenvalue weighted by Crippen LogP contribution is -2.53. The van der Waals surface area contributed by atoms with Crippen LogP contribution in [0.15, 0.2) is 17.0 Å². The largest absolute Gasteiger partial charge is 0.467 e. The number of hydrogen-bond donors (Lipinski definition) is 3. The molecule has 33 heavy (non-hydrogen) atoms. The molecular weight excluding hydrogens is 434 g/mol. The molecule has 0 aromatic carbocycles. The van der Waals surface area contributed by atoms with Gasteiger partial charge >= 0.3 is 0 Å². The zero-order valence-electron chi connectivity index (χ0n) is 19.8. The van der Waals surface area contributed by atoms with Gasteiger partial charge in [-0.3, -0.25) is 16.8 Å². The number of pyridine rings is 1. The number of nitrogens with one attached hydrogen (secondary N) is 3. The van der Waals surface area contributed by atoms with E-state index in [9.17, 15) is 4.79 Å². The van der Waals surface area contributed by atoms with Gasteiger partial charge < -0.3 is 25.6 Å². The molecule has 2 fully saturated rings. The molecule has 4 atom stereocenters. The molecule has 3 N–H and O–H groups in total. The molecule has 3 aliphatic rings. The average molecular weight is 475 g/mol. The van der Waals surface area contributed by atoms with Crippen LogP contribution in [0.3, 0.4) is 0 Å². The summed E-state index contributed by atoms with van der Waals surface area (Å²) >= 11 is 1.72. The zero-order chi connectivity index (χ0) is 22.9. The van der Waals surface area contributed by atoms with Crippen LogP contribution in [0.2, 0.25) is 0 Å². The number of rotatable bonds is 5. The highest BCUT2D eigenvalue weighted by Crippen LogP contribution is 2.26. The summed E-state index contributed by atoms with van der Waals surface area (Å²) in [5.41, 5.74) is 2.15. The molecule has 0 spiro atoms. The summed E-state index contributed by atoms with van der Waals surface area (Å²) in [5, 5.41) is 11.5. The average Bonchev–Trinajstić information content (AvgIpc) is 2.84. The van der Waals surface area contributed by atoms with Crippen LogP contribution >= 0.6 is 11.8 Å². The lowest BCUT2D eigenvalue weighted by atomic mass is 9.89. The summed E-state index contributed by atoms with van der Waals surface area (Å²) in [7, 11) is 4.45. The van der Waals surface area contributed by atoms with E-state index in [1.165, 1.54) is 56.3 Å². The third-order valence-corrected chi connectivity index (χ3v) is 8.20. The molecule has 184 valence electrons. The summed E-state index contributed by atoms with van der Waals surface area (Å²) < 4.78 is 4.88. The van der Waals surface area contributed by atoms with Crippen molar-refractivity contribution < 1.29 is 9.53 Å². The van der Waals surface area contributed by atoms with Crippen LogP contribution in [-0.2, 0) is 22.6 Å². The van der Waals surface area contributed by atoms with Crippen molar-refractivity contribution in [3.05, 3.63) is 30.6 Å². The van der Waals surface area contributed by atoms with Crippen molar-refractivity contribution >= 4 is 18.2 Å². The lowest BCUT2D eigenvalue weighted by molar-refractivity contribution is -0.128. The quantitative estimate of drug-likeness (QED) is 0.260. The van der Waals surface area contributed by atoms with Gasteiger partial charge in [0.05, 0.1) is 11.4 Å². The Morgan fingerprint density at radius 1 is 1.00 bits per heavy atom. The van der Waals surface area contributed by atoms with E-state index in [0.717, 1.165) is 43.3 Å².